The molecule has 0 aromatic carbocycles. The third-order valence-corrected chi connectivity index (χ3v) is 4.51. The molecule has 2 aliphatic carbocycles. The molecule has 17 heavy (non-hydrogen) atoms. The average molecular weight is 228 g/mol. The van der Waals surface area contributed by atoms with Gasteiger partial charge in [0.2, 0.25) is 0 Å². The Balaban J connectivity index is 2.34. The fourth-order valence-electron chi connectivity index (χ4n) is 3.11. The minimum absolute atomic E-state index is 0.595. The Labute approximate surface area is 106 Å². The van der Waals surface area contributed by atoms with Gasteiger partial charge in [-0.2, -0.15) is 0 Å². The van der Waals surface area contributed by atoms with Gasteiger partial charge in [-0.15, -0.1) is 0 Å². The summed E-state index contributed by atoms with van der Waals surface area (Å²) < 4.78 is 0. The van der Waals surface area contributed by atoms with Crippen LogP contribution in [0.1, 0.15) is 53.4 Å². The van der Waals surface area contributed by atoms with Crippen molar-refractivity contribution in [1.82, 2.24) is 0 Å². The predicted molar refractivity (Wildman–Crippen MR) is 75.9 cm³/mol. The molecule has 0 fully saturated rings. The first-order valence-electron chi connectivity index (χ1n) is 6.83. The lowest BCUT2D eigenvalue weighted by molar-refractivity contribution is 0.684. The van der Waals surface area contributed by atoms with Crippen molar-refractivity contribution in [2.45, 2.75) is 53.4 Å². The standard InChI is InChI=1S/C17H24/c1-12-13(2)15(4)17(14(12)3)16-10-8-6-5-7-9-11-16/h6,8,10,17H,5,7,9,11H2,1-4H3. The second-order valence-electron chi connectivity index (χ2n) is 5.46. The molecule has 0 N–H and O–H groups in total. The molecular weight excluding hydrogens is 204 g/mol. The van der Waals surface area contributed by atoms with Crippen molar-refractivity contribution >= 4 is 0 Å². The van der Waals surface area contributed by atoms with Crippen LogP contribution in [0.2, 0.25) is 0 Å². The van der Waals surface area contributed by atoms with Gasteiger partial charge in [0.25, 0.3) is 0 Å². The van der Waals surface area contributed by atoms with Gasteiger partial charge in [-0.3, -0.25) is 0 Å². The molecule has 0 spiro atoms. The Morgan fingerprint density at radius 2 is 1.59 bits per heavy atom. The van der Waals surface area contributed by atoms with E-state index in [1.807, 2.05) is 0 Å². The number of allylic oxidation sites excluding steroid dienone is 8. The van der Waals surface area contributed by atoms with Crippen LogP contribution in [0.5, 0.6) is 0 Å². The SMILES string of the molecule is CC1=C(C)C(C2=CC=CCCCC2)C(C)=C1C. The van der Waals surface area contributed by atoms with Crippen LogP contribution >= 0.6 is 0 Å². The Hall–Kier alpha value is -1.04. The van der Waals surface area contributed by atoms with Crippen LogP contribution in [-0.4, -0.2) is 0 Å². The van der Waals surface area contributed by atoms with Crippen molar-refractivity contribution in [2.75, 3.05) is 0 Å². The summed E-state index contributed by atoms with van der Waals surface area (Å²) in [6, 6.07) is 0. The maximum atomic E-state index is 2.36. The van der Waals surface area contributed by atoms with Gasteiger partial charge >= 0.3 is 0 Å². The van der Waals surface area contributed by atoms with Gasteiger partial charge in [-0.25, -0.2) is 0 Å². The highest BCUT2D eigenvalue weighted by Crippen LogP contribution is 2.42. The molecule has 0 heteroatoms. The quantitative estimate of drug-likeness (QED) is 0.568. The van der Waals surface area contributed by atoms with Crippen LogP contribution < -0.4 is 0 Å². The smallest absolute Gasteiger partial charge is 0.0225 e. The van der Waals surface area contributed by atoms with E-state index in [9.17, 15) is 0 Å². The van der Waals surface area contributed by atoms with E-state index in [0.717, 1.165) is 0 Å². The van der Waals surface area contributed by atoms with Gasteiger partial charge in [0, 0.05) is 5.92 Å². The van der Waals surface area contributed by atoms with Crippen LogP contribution in [0.15, 0.2) is 46.1 Å². The zero-order valence-corrected chi connectivity index (χ0v) is 11.6. The van der Waals surface area contributed by atoms with E-state index in [4.69, 9.17) is 0 Å². The van der Waals surface area contributed by atoms with Crippen molar-refractivity contribution in [1.29, 1.82) is 0 Å². The lowest BCUT2D eigenvalue weighted by atomic mass is 9.84. The molecule has 0 radical (unpaired) electrons. The summed E-state index contributed by atoms with van der Waals surface area (Å²) in [6.45, 7) is 9.16. The van der Waals surface area contributed by atoms with Crippen LogP contribution in [0.3, 0.4) is 0 Å². The van der Waals surface area contributed by atoms with Crippen molar-refractivity contribution in [3.05, 3.63) is 46.1 Å². The number of hydrogen-bond donors (Lipinski definition) is 0. The van der Waals surface area contributed by atoms with E-state index < -0.39 is 0 Å². The molecule has 0 saturated carbocycles. The zero-order chi connectivity index (χ0) is 12.4. The maximum absolute atomic E-state index is 2.36. The van der Waals surface area contributed by atoms with Crippen LogP contribution in [0, 0.1) is 5.92 Å². The summed E-state index contributed by atoms with van der Waals surface area (Å²) in [7, 11) is 0. The molecule has 92 valence electrons. The normalized spacial score (nSPS) is 22.9. The molecule has 2 aliphatic rings. The monoisotopic (exact) mass is 228 g/mol. The van der Waals surface area contributed by atoms with Crippen LogP contribution in [-0.2, 0) is 0 Å². The summed E-state index contributed by atoms with van der Waals surface area (Å²) in [5, 5.41) is 0. The van der Waals surface area contributed by atoms with Gasteiger partial charge in [0.15, 0.2) is 0 Å². The van der Waals surface area contributed by atoms with E-state index in [1.54, 1.807) is 16.7 Å². The molecule has 0 aliphatic heterocycles. The molecule has 0 heterocycles. The zero-order valence-electron chi connectivity index (χ0n) is 11.6. The lowest BCUT2D eigenvalue weighted by Gasteiger charge is -2.20. The van der Waals surface area contributed by atoms with Crippen LogP contribution in [0.25, 0.3) is 0 Å². The van der Waals surface area contributed by atoms with Crippen molar-refractivity contribution in [3.8, 4) is 0 Å². The molecule has 0 atom stereocenters. The van der Waals surface area contributed by atoms with E-state index in [1.165, 1.54) is 36.8 Å². The highest BCUT2D eigenvalue weighted by Gasteiger charge is 2.26. The summed E-state index contributed by atoms with van der Waals surface area (Å²) in [6.07, 6.45) is 12.1. The molecular formula is C17H24. The summed E-state index contributed by atoms with van der Waals surface area (Å²) in [4.78, 5) is 0. The fourth-order valence-corrected chi connectivity index (χ4v) is 3.11. The summed E-state index contributed by atoms with van der Waals surface area (Å²) in [5.41, 5.74) is 7.78. The first kappa shape index (κ1) is 12.4. The number of hydrogen-bond acceptors (Lipinski definition) is 0. The second-order valence-corrected chi connectivity index (χ2v) is 5.46. The molecule has 0 bridgehead atoms. The summed E-state index contributed by atoms with van der Waals surface area (Å²) >= 11 is 0. The van der Waals surface area contributed by atoms with Gasteiger partial charge < -0.3 is 0 Å². The van der Waals surface area contributed by atoms with E-state index >= 15 is 0 Å². The Kier molecular flexibility index (Phi) is 3.71. The van der Waals surface area contributed by atoms with E-state index in [2.05, 4.69) is 45.9 Å². The molecule has 0 amide bonds. The Morgan fingerprint density at radius 1 is 0.941 bits per heavy atom. The van der Waals surface area contributed by atoms with Gasteiger partial charge in [0.05, 0.1) is 0 Å². The minimum Gasteiger partial charge on any atom is -0.0845 e. The van der Waals surface area contributed by atoms with Gasteiger partial charge in [0.1, 0.15) is 0 Å². The third kappa shape index (κ3) is 2.31. The largest absolute Gasteiger partial charge is 0.0845 e. The van der Waals surface area contributed by atoms with Gasteiger partial charge in [-0.05, 0) is 64.5 Å². The van der Waals surface area contributed by atoms with Crippen molar-refractivity contribution in [3.63, 3.8) is 0 Å². The second kappa shape index (κ2) is 5.08. The molecule has 0 aromatic rings. The van der Waals surface area contributed by atoms with Crippen molar-refractivity contribution < 1.29 is 0 Å². The Bertz CT molecular complexity index is 403. The Morgan fingerprint density at radius 3 is 2.24 bits per heavy atom. The molecule has 0 saturated heterocycles. The number of rotatable bonds is 1. The minimum atomic E-state index is 0.595. The highest BCUT2D eigenvalue weighted by atomic mass is 14.3. The van der Waals surface area contributed by atoms with Crippen molar-refractivity contribution in [2.24, 2.45) is 5.92 Å². The first-order valence-corrected chi connectivity index (χ1v) is 6.83. The lowest BCUT2D eigenvalue weighted by Crippen LogP contribution is -2.06. The maximum Gasteiger partial charge on any atom is 0.0225 e. The summed E-state index contributed by atoms with van der Waals surface area (Å²) in [5.74, 6) is 0.595. The van der Waals surface area contributed by atoms with E-state index in [-0.39, 0.29) is 0 Å². The molecule has 0 unspecified atom stereocenters. The van der Waals surface area contributed by atoms with E-state index in [0.29, 0.717) is 5.92 Å². The molecule has 0 nitrogen and oxygen atoms in total. The topological polar surface area (TPSA) is 0 Å². The fraction of sp³-hybridized carbons (Fsp3) is 0.529. The first-order chi connectivity index (χ1) is 8.13. The van der Waals surface area contributed by atoms with Gasteiger partial charge in [-0.1, -0.05) is 34.9 Å². The predicted octanol–water partition coefficient (Wildman–Crippen LogP) is 5.35. The molecule has 0 aromatic heterocycles. The molecule has 2 rings (SSSR count). The average Bonchev–Trinajstić information content (AvgIpc) is 2.45. The highest BCUT2D eigenvalue weighted by molar-refractivity contribution is 5.51. The van der Waals surface area contributed by atoms with Crippen LogP contribution in [0.4, 0.5) is 0 Å². The third-order valence-electron chi connectivity index (χ3n) is 4.51.